The molecule has 0 fully saturated rings. The minimum Gasteiger partial charge on any atom is -0.317 e. The zero-order valence-electron chi connectivity index (χ0n) is 6.76. The Balaban J connectivity index is 2.82. The molecular weight excluding hydrogens is 162 g/mol. The van der Waals surface area contributed by atoms with Crippen molar-refractivity contribution in [1.82, 2.24) is 0 Å². The predicted octanol–water partition coefficient (Wildman–Crippen LogP) is 2.77. The van der Waals surface area contributed by atoms with Crippen LogP contribution in [0.2, 0.25) is 0 Å². The van der Waals surface area contributed by atoms with Gasteiger partial charge in [-0.15, -0.1) is 0 Å². The molecule has 1 aromatic carbocycles. The minimum absolute atomic E-state index is 0.00188. The van der Waals surface area contributed by atoms with Crippen LogP contribution in [0.4, 0.5) is 8.78 Å². The lowest BCUT2D eigenvalue weighted by molar-refractivity contribution is -0.245. The van der Waals surface area contributed by atoms with Gasteiger partial charge in [-0.1, -0.05) is 30.3 Å². The topological polar surface area (TPSA) is 9.23 Å². The number of ether oxygens (including phenoxy) is 1. The van der Waals surface area contributed by atoms with Crippen molar-refractivity contribution in [2.24, 2.45) is 0 Å². The van der Waals surface area contributed by atoms with E-state index in [1.165, 1.54) is 19.1 Å². The van der Waals surface area contributed by atoms with Gasteiger partial charge in [0.05, 0.1) is 12.2 Å². The van der Waals surface area contributed by atoms with E-state index in [1.54, 1.807) is 18.2 Å². The Bertz CT molecular complexity index is 234. The summed E-state index contributed by atoms with van der Waals surface area (Å²) < 4.78 is 30.2. The summed E-state index contributed by atoms with van der Waals surface area (Å²) in [5.74, 6) is 0. The Labute approximate surface area is 70.0 Å². The molecule has 1 nitrogen and oxygen atoms in total. The molecule has 0 aliphatic heterocycles. The molecule has 0 saturated carbocycles. The van der Waals surface area contributed by atoms with Gasteiger partial charge in [-0.2, -0.15) is 8.78 Å². The maximum absolute atomic E-state index is 12.9. The molecule has 0 N–H and O–H groups in total. The molecule has 66 valence electrons. The fourth-order valence-corrected chi connectivity index (χ4v) is 0.897. The van der Waals surface area contributed by atoms with Gasteiger partial charge in [0.1, 0.15) is 0 Å². The molecule has 0 bridgehead atoms. The van der Waals surface area contributed by atoms with E-state index in [0.29, 0.717) is 0 Å². The average Bonchev–Trinajstić information content (AvgIpc) is 2.06. The monoisotopic (exact) mass is 172 g/mol. The zero-order chi connectivity index (χ0) is 9.03. The second-order valence-corrected chi connectivity index (χ2v) is 2.32. The van der Waals surface area contributed by atoms with Gasteiger partial charge in [0.25, 0.3) is 0 Å². The summed E-state index contributed by atoms with van der Waals surface area (Å²) in [6.45, 7) is 1.54. The third-order valence-corrected chi connectivity index (χ3v) is 1.44. The molecule has 0 spiro atoms. The summed E-state index contributed by atoms with van der Waals surface area (Å²) in [4.78, 5) is 0. The van der Waals surface area contributed by atoms with Crippen molar-refractivity contribution in [3.05, 3.63) is 35.9 Å². The number of benzene rings is 1. The van der Waals surface area contributed by atoms with Gasteiger partial charge < -0.3 is 4.74 Å². The first-order valence-electron chi connectivity index (χ1n) is 3.74. The van der Waals surface area contributed by atoms with Crippen molar-refractivity contribution in [2.75, 3.05) is 6.61 Å². The molecule has 1 aromatic rings. The molecule has 0 atom stereocenters. The van der Waals surface area contributed by atoms with E-state index >= 15 is 0 Å². The number of alkyl halides is 2. The Morgan fingerprint density at radius 2 is 1.83 bits per heavy atom. The largest absolute Gasteiger partial charge is 0.383 e. The molecule has 0 amide bonds. The van der Waals surface area contributed by atoms with Crippen molar-refractivity contribution in [3.63, 3.8) is 0 Å². The van der Waals surface area contributed by atoms with Crippen LogP contribution in [-0.2, 0) is 10.8 Å². The van der Waals surface area contributed by atoms with Crippen LogP contribution < -0.4 is 0 Å². The van der Waals surface area contributed by atoms with Crippen LogP contribution in [0.5, 0.6) is 0 Å². The molecule has 0 heterocycles. The smallest absolute Gasteiger partial charge is 0.317 e. The predicted molar refractivity (Wildman–Crippen MR) is 42.0 cm³/mol. The number of halogens is 2. The molecule has 0 radical (unpaired) electrons. The maximum atomic E-state index is 12.9. The number of rotatable bonds is 3. The van der Waals surface area contributed by atoms with Crippen LogP contribution in [-0.4, -0.2) is 6.61 Å². The van der Waals surface area contributed by atoms with Crippen LogP contribution in [0.25, 0.3) is 0 Å². The van der Waals surface area contributed by atoms with Gasteiger partial charge in [-0.25, -0.2) is 0 Å². The van der Waals surface area contributed by atoms with E-state index in [4.69, 9.17) is 0 Å². The van der Waals surface area contributed by atoms with Crippen molar-refractivity contribution < 1.29 is 13.5 Å². The first-order valence-corrected chi connectivity index (χ1v) is 3.74. The molecule has 12 heavy (non-hydrogen) atoms. The highest BCUT2D eigenvalue weighted by Crippen LogP contribution is 2.28. The first kappa shape index (κ1) is 9.13. The van der Waals surface area contributed by atoms with Crippen LogP contribution in [0, 0.1) is 0 Å². The molecule has 0 aliphatic carbocycles. The Hall–Kier alpha value is -0.960. The highest BCUT2D eigenvalue weighted by atomic mass is 19.3. The highest BCUT2D eigenvalue weighted by Gasteiger charge is 2.31. The third kappa shape index (κ3) is 2.01. The third-order valence-electron chi connectivity index (χ3n) is 1.44. The van der Waals surface area contributed by atoms with Crippen molar-refractivity contribution in [2.45, 2.75) is 13.0 Å². The Kier molecular flexibility index (Phi) is 2.76. The second kappa shape index (κ2) is 3.63. The Morgan fingerprint density at radius 3 is 2.33 bits per heavy atom. The summed E-state index contributed by atoms with van der Waals surface area (Å²) in [7, 11) is 0. The maximum Gasteiger partial charge on any atom is 0.383 e. The van der Waals surface area contributed by atoms with Gasteiger partial charge in [0, 0.05) is 0 Å². The number of hydrogen-bond donors (Lipinski definition) is 0. The minimum atomic E-state index is -3.16. The summed E-state index contributed by atoms with van der Waals surface area (Å²) in [5.41, 5.74) is -0.105. The van der Waals surface area contributed by atoms with E-state index in [-0.39, 0.29) is 12.2 Å². The van der Waals surface area contributed by atoms with Crippen LogP contribution >= 0.6 is 0 Å². The van der Waals surface area contributed by atoms with Gasteiger partial charge in [0.15, 0.2) is 0 Å². The van der Waals surface area contributed by atoms with E-state index in [9.17, 15) is 8.78 Å². The molecule has 0 aliphatic rings. The normalized spacial score (nSPS) is 11.6. The molecule has 0 unspecified atom stereocenters. The van der Waals surface area contributed by atoms with Gasteiger partial charge in [-0.05, 0) is 6.92 Å². The van der Waals surface area contributed by atoms with Crippen LogP contribution in [0.15, 0.2) is 30.3 Å². The highest BCUT2D eigenvalue weighted by molar-refractivity contribution is 5.17. The zero-order valence-corrected chi connectivity index (χ0v) is 6.76. The van der Waals surface area contributed by atoms with E-state index in [2.05, 4.69) is 4.74 Å². The molecule has 0 saturated heterocycles. The summed E-state index contributed by atoms with van der Waals surface area (Å²) in [5, 5.41) is 0. The van der Waals surface area contributed by atoms with Gasteiger partial charge >= 0.3 is 6.11 Å². The molecular formula is C9H10F2O. The van der Waals surface area contributed by atoms with Gasteiger partial charge in [-0.3, -0.25) is 0 Å². The van der Waals surface area contributed by atoms with Crippen molar-refractivity contribution in [1.29, 1.82) is 0 Å². The van der Waals surface area contributed by atoms with Crippen LogP contribution in [0.3, 0.4) is 0 Å². The average molecular weight is 172 g/mol. The lowest BCUT2D eigenvalue weighted by Crippen LogP contribution is -2.17. The van der Waals surface area contributed by atoms with Crippen LogP contribution in [0.1, 0.15) is 12.5 Å². The van der Waals surface area contributed by atoms with E-state index in [1.807, 2.05) is 0 Å². The molecule has 1 rings (SSSR count). The summed E-state index contributed by atoms with van der Waals surface area (Å²) >= 11 is 0. The van der Waals surface area contributed by atoms with Crippen molar-refractivity contribution >= 4 is 0 Å². The van der Waals surface area contributed by atoms with Gasteiger partial charge in [0.2, 0.25) is 0 Å². The fourth-order valence-electron chi connectivity index (χ4n) is 0.897. The summed E-state index contributed by atoms with van der Waals surface area (Å²) in [6, 6.07) is 7.49. The Morgan fingerprint density at radius 1 is 1.25 bits per heavy atom. The lowest BCUT2D eigenvalue weighted by Gasteiger charge is -2.15. The second-order valence-electron chi connectivity index (χ2n) is 2.32. The molecule has 0 aromatic heterocycles. The van der Waals surface area contributed by atoms with E-state index in [0.717, 1.165) is 0 Å². The quantitative estimate of drug-likeness (QED) is 0.681. The lowest BCUT2D eigenvalue weighted by atomic mass is 10.2. The van der Waals surface area contributed by atoms with Crippen molar-refractivity contribution in [3.8, 4) is 0 Å². The number of hydrogen-bond acceptors (Lipinski definition) is 1. The first-order chi connectivity index (χ1) is 5.67. The molecule has 3 heteroatoms. The van der Waals surface area contributed by atoms with E-state index < -0.39 is 6.11 Å². The summed E-state index contributed by atoms with van der Waals surface area (Å²) in [6.07, 6.45) is -3.16. The fraction of sp³-hybridized carbons (Fsp3) is 0.333. The SMILES string of the molecule is CCOC(F)(F)c1ccccc1. The standard InChI is InChI=1S/C9H10F2O/c1-2-12-9(10,11)8-6-4-3-5-7-8/h3-7H,2H2,1H3.